The van der Waals surface area contributed by atoms with E-state index < -0.39 is 0 Å². The molecule has 1 unspecified atom stereocenters. The molecule has 0 spiro atoms. The molecule has 0 radical (unpaired) electrons. The second-order valence-corrected chi connectivity index (χ2v) is 8.01. The van der Waals surface area contributed by atoms with Crippen LogP contribution in [0.5, 0.6) is 0 Å². The van der Waals surface area contributed by atoms with Crippen LogP contribution in [-0.4, -0.2) is 73.3 Å². The minimum Gasteiger partial charge on any atom is -0.469 e. The second-order valence-electron chi connectivity index (χ2n) is 8.01. The number of carbonyl (C=O) groups is 2. The summed E-state index contributed by atoms with van der Waals surface area (Å²) in [5, 5.41) is 0. The maximum atomic E-state index is 13.4. The van der Waals surface area contributed by atoms with Crippen molar-refractivity contribution in [2.75, 3.05) is 46.8 Å². The molecule has 6 heteroatoms. The standard InChI is InChI=1S/C23H31N3O3/c1-18-6-8-19(9-7-18)21(17-20-5-4-16-29-20)23(28)26-14-12-25(13-15-26)22(27)10-11-24(2)3/h4-9,16,21H,10-15,17H2,1-3H3. The molecule has 0 aliphatic carbocycles. The van der Waals surface area contributed by atoms with E-state index in [2.05, 4.69) is 0 Å². The third-order valence-electron chi connectivity index (χ3n) is 5.48. The molecule has 2 aromatic rings. The van der Waals surface area contributed by atoms with Crippen molar-refractivity contribution in [2.45, 2.75) is 25.7 Å². The number of aryl methyl sites for hydroxylation is 1. The van der Waals surface area contributed by atoms with Crippen LogP contribution in [0.4, 0.5) is 0 Å². The maximum Gasteiger partial charge on any atom is 0.230 e. The first-order valence-corrected chi connectivity index (χ1v) is 10.2. The van der Waals surface area contributed by atoms with E-state index in [1.165, 1.54) is 5.56 Å². The topological polar surface area (TPSA) is 57.0 Å². The Balaban J connectivity index is 1.65. The van der Waals surface area contributed by atoms with E-state index >= 15 is 0 Å². The fourth-order valence-corrected chi connectivity index (χ4v) is 3.65. The summed E-state index contributed by atoms with van der Waals surface area (Å²) in [6, 6.07) is 11.9. The van der Waals surface area contributed by atoms with Crippen LogP contribution in [0.1, 0.15) is 29.2 Å². The molecule has 1 aliphatic heterocycles. The molecule has 1 aromatic heterocycles. The Morgan fingerprint density at radius 1 is 1.03 bits per heavy atom. The highest BCUT2D eigenvalue weighted by Gasteiger charge is 2.30. The number of hydrogen-bond acceptors (Lipinski definition) is 4. The van der Waals surface area contributed by atoms with Crippen LogP contribution < -0.4 is 0 Å². The monoisotopic (exact) mass is 397 g/mol. The lowest BCUT2D eigenvalue weighted by Gasteiger charge is -2.36. The van der Waals surface area contributed by atoms with Crippen molar-refractivity contribution in [1.82, 2.24) is 14.7 Å². The number of hydrogen-bond donors (Lipinski definition) is 0. The molecule has 6 nitrogen and oxygen atoms in total. The first-order valence-electron chi connectivity index (χ1n) is 10.2. The molecule has 2 amide bonds. The number of amides is 2. The van der Waals surface area contributed by atoms with E-state index in [1.54, 1.807) is 6.26 Å². The maximum absolute atomic E-state index is 13.4. The summed E-state index contributed by atoms with van der Waals surface area (Å²) >= 11 is 0. The van der Waals surface area contributed by atoms with Crippen molar-refractivity contribution < 1.29 is 14.0 Å². The first-order chi connectivity index (χ1) is 13.9. The van der Waals surface area contributed by atoms with Crippen molar-refractivity contribution in [2.24, 2.45) is 0 Å². The molecule has 29 heavy (non-hydrogen) atoms. The number of rotatable bonds is 7. The Bertz CT molecular complexity index is 791. The molecule has 3 rings (SSSR count). The van der Waals surface area contributed by atoms with Crippen LogP contribution in [0.3, 0.4) is 0 Å². The predicted octanol–water partition coefficient (Wildman–Crippen LogP) is 2.54. The van der Waals surface area contributed by atoms with Crippen molar-refractivity contribution >= 4 is 11.8 Å². The molecule has 1 atom stereocenters. The lowest BCUT2D eigenvalue weighted by atomic mass is 9.92. The van der Waals surface area contributed by atoms with Crippen LogP contribution >= 0.6 is 0 Å². The van der Waals surface area contributed by atoms with Crippen LogP contribution in [0, 0.1) is 6.92 Å². The van der Waals surface area contributed by atoms with Gasteiger partial charge in [-0.05, 0) is 38.7 Å². The van der Waals surface area contributed by atoms with Crippen LogP contribution in [0.25, 0.3) is 0 Å². The molecule has 1 fully saturated rings. The van der Waals surface area contributed by atoms with E-state index in [0.717, 1.165) is 17.9 Å². The molecule has 0 N–H and O–H groups in total. The summed E-state index contributed by atoms with van der Waals surface area (Å²) in [7, 11) is 3.93. The van der Waals surface area contributed by atoms with E-state index in [0.29, 0.717) is 39.0 Å². The highest BCUT2D eigenvalue weighted by atomic mass is 16.3. The second kappa shape index (κ2) is 9.74. The van der Waals surface area contributed by atoms with Crippen molar-refractivity contribution in [3.05, 3.63) is 59.5 Å². The summed E-state index contributed by atoms with van der Waals surface area (Å²) in [6.45, 7) is 5.13. The molecule has 1 saturated heterocycles. The van der Waals surface area contributed by atoms with Gasteiger partial charge in [0, 0.05) is 45.6 Å². The number of furan rings is 1. The van der Waals surface area contributed by atoms with Gasteiger partial charge in [-0.1, -0.05) is 29.8 Å². The zero-order valence-corrected chi connectivity index (χ0v) is 17.6. The smallest absolute Gasteiger partial charge is 0.230 e. The van der Waals surface area contributed by atoms with Gasteiger partial charge in [0.25, 0.3) is 0 Å². The largest absolute Gasteiger partial charge is 0.469 e. The molecule has 1 aliphatic rings. The van der Waals surface area contributed by atoms with Crippen molar-refractivity contribution in [3.63, 3.8) is 0 Å². The third-order valence-corrected chi connectivity index (χ3v) is 5.48. The number of piperazine rings is 1. The quantitative estimate of drug-likeness (QED) is 0.721. The van der Waals surface area contributed by atoms with Gasteiger partial charge in [-0.15, -0.1) is 0 Å². The number of carbonyl (C=O) groups excluding carboxylic acids is 2. The average molecular weight is 398 g/mol. The molecule has 156 valence electrons. The summed E-state index contributed by atoms with van der Waals surface area (Å²) < 4.78 is 5.51. The molecule has 0 saturated carbocycles. The highest BCUT2D eigenvalue weighted by molar-refractivity contribution is 5.84. The molecule has 2 heterocycles. The summed E-state index contributed by atoms with van der Waals surface area (Å²) in [6.07, 6.45) is 2.70. The minimum atomic E-state index is -0.280. The van der Waals surface area contributed by atoms with Crippen LogP contribution in [0.15, 0.2) is 47.1 Å². The molecule has 0 bridgehead atoms. The van der Waals surface area contributed by atoms with E-state index in [9.17, 15) is 9.59 Å². The zero-order chi connectivity index (χ0) is 20.8. The van der Waals surface area contributed by atoms with E-state index in [1.807, 2.05) is 72.1 Å². The summed E-state index contributed by atoms with van der Waals surface area (Å²) in [5.74, 6) is 0.793. The van der Waals surface area contributed by atoms with Gasteiger partial charge in [0.05, 0.1) is 12.2 Å². The summed E-state index contributed by atoms with van der Waals surface area (Å²) in [5.41, 5.74) is 2.17. The lowest BCUT2D eigenvalue weighted by Crippen LogP contribution is -2.52. The van der Waals surface area contributed by atoms with Gasteiger partial charge in [0.1, 0.15) is 5.76 Å². The SMILES string of the molecule is Cc1ccc(C(Cc2ccco2)C(=O)N2CCN(C(=O)CCN(C)C)CC2)cc1. The minimum absolute atomic E-state index is 0.102. The highest BCUT2D eigenvalue weighted by Crippen LogP contribution is 2.25. The van der Waals surface area contributed by atoms with Gasteiger partial charge in [0.2, 0.25) is 11.8 Å². The van der Waals surface area contributed by atoms with Gasteiger partial charge in [-0.3, -0.25) is 9.59 Å². The average Bonchev–Trinajstić information content (AvgIpc) is 3.24. The predicted molar refractivity (Wildman–Crippen MR) is 113 cm³/mol. The van der Waals surface area contributed by atoms with Gasteiger partial charge in [-0.25, -0.2) is 0 Å². The summed E-state index contributed by atoms with van der Waals surface area (Å²) in [4.78, 5) is 31.5. The Morgan fingerprint density at radius 3 is 2.28 bits per heavy atom. The Hall–Kier alpha value is -2.60. The van der Waals surface area contributed by atoms with Crippen molar-refractivity contribution in [3.8, 4) is 0 Å². The Labute approximate surface area is 173 Å². The van der Waals surface area contributed by atoms with Gasteiger partial charge in [-0.2, -0.15) is 0 Å². The lowest BCUT2D eigenvalue weighted by molar-refractivity contribution is -0.140. The Morgan fingerprint density at radius 2 is 1.69 bits per heavy atom. The normalized spacial score (nSPS) is 15.6. The molecular formula is C23H31N3O3. The van der Waals surface area contributed by atoms with Gasteiger partial charge in [0.15, 0.2) is 0 Å². The zero-order valence-electron chi connectivity index (χ0n) is 17.6. The third kappa shape index (κ3) is 5.70. The van der Waals surface area contributed by atoms with Crippen molar-refractivity contribution in [1.29, 1.82) is 0 Å². The van der Waals surface area contributed by atoms with Gasteiger partial charge >= 0.3 is 0 Å². The Kier molecular flexibility index (Phi) is 7.09. The number of benzene rings is 1. The molecular weight excluding hydrogens is 366 g/mol. The van der Waals surface area contributed by atoms with E-state index in [4.69, 9.17) is 4.42 Å². The number of nitrogens with zero attached hydrogens (tertiary/aromatic N) is 3. The fraction of sp³-hybridized carbons (Fsp3) is 0.478. The van der Waals surface area contributed by atoms with Crippen LogP contribution in [0.2, 0.25) is 0 Å². The van der Waals surface area contributed by atoms with Gasteiger partial charge < -0.3 is 19.1 Å². The first kappa shape index (κ1) is 21.1. The van der Waals surface area contributed by atoms with E-state index in [-0.39, 0.29) is 17.7 Å². The fourth-order valence-electron chi connectivity index (χ4n) is 3.65. The molecule has 1 aromatic carbocycles. The van der Waals surface area contributed by atoms with Crippen LogP contribution in [-0.2, 0) is 16.0 Å².